The number of carbonyl (C=O) groups is 1. The fraction of sp³-hybridized carbons (Fsp3) is 0.150. The first-order valence-electron chi connectivity index (χ1n) is 8.51. The highest BCUT2D eigenvalue weighted by Gasteiger charge is 2.09. The van der Waals surface area contributed by atoms with Gasteiger partial charge in [0.25, 0.3) is 5.91 Å². The van der Waals surface area contributed by atoms with Gasteiger partial charge in [-0.1, -0.05) is 23.8 Å². The van der Waals surface area contributed by atoms with E-state index in [4.69, 9.17) is 4.42 Å². The quantitative estimate of drug-likeness (QED) is 0.555. The summed E-state index contributed by atoms with van der Waals surface area (Å²) in [7, 11) is 0. The van der Waals surface area contributed by atoms with E-state index in [-0.39, 0.29) is 5.91 Å². The van der Waals surface area contributed by atoms with Gasteiger partial charge in [-0.05, 0) is 31.2 Å². The molecule has 27 heavy (non-hydrogen) atoms. The molecule has 0 saturated carbocycles. The lowest BCUT2D eigenvalue weighted by Crippen LogP contribution is -2.25. The Bertz CT molecular complexity index is 1160. The van der Waals surface area contributed by atoms with Crippen molar-refractivity contribution in [2.45, 2.75) is 13.3 Å². The third-order valence-corrected chi connectivity index (χ3v) is 5.12. The molecule has 2 aromatic heterocycles. The molecule has 7 heteroatoms. The highest BCUT2D eigenvalue weighted by molar-refractivity contribution is 7.09. The van der Waals surface area contributed by atoms with Gasteiger partial charge in [0, 0.05) is 29.5 Å². The van der Waals surface area contributed by atoms with E-state index in [2.05, 4.69) is 15.3 Å². The van der Waals surface area contributed by atoms with Crippen LogP contribution in [0.25, 0.3) is 22.4 Å². The number of nitrogens with zero attached hydrogens (tertiary/aromatic N) is 1. The fourth-order valence-corrected chi connectivity index (χ4v) is 3.56. The van der Waals surface area contributed by atoms with Crippen molar-refractivity contribution in [3.05, 3.63) is 74.5 Å². The molecule has 0 aliphatic heterocycles. The maximum Gasteiger partial charge on any atom is 0.417 e. The van der Waals surface area contributed by atoms with Gasteiger partial charge >= 0.3 is 5.76 Å². The molecular weight excluding hydrogens is 362 g/mol. The first-order valence-corrected chi connectivity index (χ1v) is 9.39. The summed E-state index contributed by atoms with van der Waals surface area (Å²) in [6.45, 7) is 2.51. The Kier molecular flexibility index (Phi) is 4.60. The van der Waals surface area contributed by atoms with Crippen molar-refractivity contribution in [2.24, 2.45) is 0 Å². The number of H-pyrrole nitrogens is 1. The Balaban J connectivity index is 1.39. The van der Waals surface area contributed by atoms with Crippen molar-refractivity contribution >= 4 is 28.3 Å². The molecular formula is C20H17N3O3S. The third kappa shape index (κ3) is 3.83. The van der Waals surface area contributed by atoms with Gasteiger partial charge in [0.2, 0.25) is 0 Å². The number of amides is 1. The minimum absolute atomic E-state index is 0.0836. The van der Waals surface area contributed by atoms with E-state index in [0.29, 0.717) is 29.6 Å². The molecule has 0 aliphatic carbocycles. The summed E-state index contributed by atoms with van der Waals surface area (Å²) in [6.07, 6.45) is 0.656. The molecule has 0 aliphatic rings. The van der Waals surface area contributed by atoms with E-state index in [1.807, 2.05) is 42.6 Å². The van der Waals surface area contributed by atoms with Crippen LogP contribution in [0.1, 0.15) is 20.9 Å². The Labute approximate surface area is 158 Å². The molecule has 0 atom stereocenters. The molecule has 2 aromatic carbocycles. The summed E-state index contributed by atoms with van der Waals surface area (Å²) in [5, 5.41) is 5.81. The summed E-state index contributed by atoms with van der Waals surface area (Å²) in [5.74, 6) is -0.551. The van der Waals surface area contributed by atoms with Gasteiger partial charge in [0.15, 0.2) is 5.58 Å². The number of thiazole rings is 1. The van der Waals surface area contributed by atoms with E-state index in [1.165, 1.54) is 0 Å². The highest BCUT2D eigenvalue weighted by atomic mass is 32.1. The molecule has 0 spiro atoms. The highest BCUT2D eigenvalue weighted by Crippen LogP contribution is 2.25. The summed E-state index contributed by atoms with van der Waals surface area (Å²) < 4.78 is 5.09. The number of hydrogen-bond donors (Lipinski definition) is 2. The van der Waals surface area contributed by atoms with E-state index in [0.717, 1.165) is 21.8 Å². The molecule has 4 rings (SSSR count). The molecule has 4 aromatic rings. The number of oxazole rings is 1. The SMILES string of the molecule is Cc1ccc(C(=O)NCCc2nc(-c3ccc4[nH]c(=O)oc4c3)cs2)cc1. The van der Waals surface area contributed by atoms with Crippen molar-refractivity contribution in [2.75, 3.05) is 6.54 Å². The van der Waals surface area contributed by atoms with Crippen LogP contribution in [0.2, 0.25) is 0 Å². The van der Waals surface area contributed by atoms with Crippen LogP contribution >= 0.6 is 11.3 Å². The normalized spacial score (nSPS) is 11.0. The molecule has 6 nitrogen and oxygen atoms in total. The maximum absolute atomic E-state index is 12.1. The van der Waals surface area contributed by atoms with Crippen LogP contribution in [0, 0.1) is 6.92 Å². The smallest absolute Gasteiger partial charge is 0.408 e. The van der Waals surface area contributed by atoms with Gasteiger partial charge in [0.1, 0.15) is 0 Å². The standard InChI is InChI=1S/C20H17N3O3S/c1-12-2-4-13(5-3-12)19(24)21-9-8-18-22-16(11-27-18)14-6-7-15-17(10-14)26-20(25)23-15/h2-7,10-11H,8-9H2,1H3,(H,21,24)(H,23,25). The van der Waals surface area contributed by atoms with Gasteiger partial charge in [-0.25, -0.2) is 9.78 Å². The van der Waals surface area contributed by atoms with Crippen molar-refractivity contribution in [3.8, 4) is 11.3 Å². The first-order chi connectivity index (χ1) is 13.1. The van der Waals surface area contributed by atoms with E-state index < -0.39 is 5.76 Å². The number of aryl methyl sites for hydroxylation is 1. The third-order valence-electron chi connectivity index (χ3n) is 4.21. The van der Waals surface area contributed by atoms with Crippen LogP contribution < -0.4 is 11.1 Å². The van der Waals surface area contributed by atoms with E-state index >= 15 is 0 Å². The Morgan fingerprint density at radius 1 is 1.22 bits per heavy atom. The van der Waals surface area contributed by atoms with Crippen LogP contribution in [0.15, 0.2) is 57.1 Å². The second-order valence-corrected chi connectivity index (χ2v) is 7.17. The van der Waals surface area contributed by atoms with Gasteiger partial charge < -0.3 is 9.73 Å². The number of aromatic amines is 1. The molecule has 2 heterocycles. The van der Waals surface area contributed by atoms with Crippen LogP contribution in [-0.2, 0) is 6.42 Å². The predicted octanol–water partition coefficient (Wildman–Crippen LogP) is 3.53. The summed E-state index contributed by atoms with van der Waals surface area (Å²) in [4.78, 5) is 30.6. The lowest BCUT2D eigenvalue weighted by molar-refractivity contribution is 0.0954. The fourth-order valence-electron chi connectivity index (χ4n) is 2.75. The molecule has 0 bridgehead atoms. The minimum atomic E-state index is -0.467. The maximum atomic E-state index is 12.1. The number of benzene rings is 2. The molecule has 2 N–H and O–H groups in total. The molecule has 0 radical (unpaired) electrons. The first kappa shape index (κ1) is 17.2. The van der Waals surface area contributed by atoms with Crippen molar-refractivity contribution in [3.63, 3.8) is 0 Å². The zero-order chi connectivity index (χ0) is 18.8. The van der Waals surface area contributed by atoms with Gasteiger partial charge in [0.05, 0.1) is 16.2 Å². The lowest BCUT2D eigenvalue weighted by atomic mass is 10.1. The Morgan fingerprint density at radius 2 is 2.04 bits per heavy atom. The van der Waals surface area contributed by atoms with E-state index in [9.17, 15) is 9.59 Å². The average molecular weight is 379 g/mol. The number of fused-ring (bicyclic) bond motifs is 1. The van der Waals surface area contributed by atoms with Crippen LogP contribution in [0.3, 0.4) is 0 Å². The molecule has 0 saturated heterocycles. The number of aromatic nitrogens is 2. The number of rotatable bonds is 5. The van der Waals surface area contributed by atoms with Gasteiger partial charge in [-0.15, -0.1) is 11.3 Å². The number of hydrogen-bond acceptors (Lipinski definition) is 5. The molecule has 136 valence electrons. The lowest BCUT2D eigenvalue weighted by Gasteiger charge is -2.04. The molecule has 0 unspecified atom stereocenters. The van der Waals surface area contributed by atoms with Gasteiger partial charge in [-0.2, -0.15) is 0 Å². The summed E-state index contributed by atoms with van der Waals surface area (Å²) in [6, 6.07) is 13.0. The monoisotopic (exact) mass is 379 g/mol. The Morgan fingerprint density at radius 3 is 2.85 bits per heavy atom. The van der Waals surface area contributed by atoms with Crippen molar-refractivity contribution in [1.29, 1.82) is 0 Å². The minimum Gasteiger partial charge on any atom is -0.408 e. The second-order valence-electron chi connectivity index (χ2n) is 6.22. The predicted molar refractivity (Wildman–Crippen MR) is 105 cm³/mol. The molecule has 1 amide bonds. The van der Waals surface area contributed by atoms with Crippen LogP contribution in [0.5, 0.6) is 0 Å². The zero-order valence-corrected chi connectivity index (χ0v) is 15.4. The molecule has 0 fully saturated rings. The largest absolute Gasteiger partial charge is 0.417 e. The van der Waals surface area contributed by atoms with Crippen LogP contribution in [-0.4, -0.2) is 22.4 Å². The van der Waals surface area contributed by atoms with Crippen LogP contribution in [0.4, 0.5) is 0 Å². The summed E-state index contributed by atoms with van der Waals surface area (Å²) >= 11 is 1.54. The van der Waals surface area contributed by atoms with Gasteiger partial charge in [-0.3, -0.25) is 9.78 Å². The van der Waals surface area contributed by atoms with E-state index in [1.54, 1.807) is 23.5 Å². The average Bonchev–Trinajstić information content (AvgIpc) is 3.27. The van der Waals surface area contributed by atoms with Crippen molar-refractivity contribution in [1.82, 2.24) is 15.3 Å². The number of nitrogens with one attached hydrogen (secondary N) is 2. The Hall–Kier alpha value is -3.19. The van der Waals surface area contributed by atoms with Crippen molar-refractivity contribution < 1.29 is 9.21 Å². The zero-order valence-electron chi connectivity index (χ0n) is 14.6. The second kappa shape index (κ2) is 7.20. The topological polar surface area (TPSA) is 88.0 Å². The summed E-state index contributed by atoms with van der Waals surface area (Å²) in [5.41, 5.74) is 4.66. The number of carbonyl (C=O) groups excluding carboxylic acids is 1.